The van der Waals surface area contributed by atoms with E-state index < -0.39 is 11.7 Å². The highest BCUT2D eigenvalue weighted by molar-refractivity contribution is 5.78. The van der Waals surface area contributed by atoms with Gasteiger partial charge in [0, 0.05) is 32.4 Å². The van der Waals surface area contributed by atoms with Crippen LogP contribution < -0.4 is 15.0 Å². The first kappa shape index (κ1) is 24.8. The summed E-state index contributed by atoms with van der Waals surface area (Å²) in [5.74, 6) is 1.45. The van der Waals surface area contributed by atoms with E-state index in [1.807, 2.05) is 29.2 Å². The Bertz CT molecular complexity index is 901. The second-order valence-corrected chi connectivity index (χ2v) is 8.58. The molecule has 0 bridgehead atoms. The maximum atomic E-state index is 12.8. The summed E-state index contributed by atoms with van der Waals surface area (Å²) in [4.78, 5) is 20.8. The van der Waals surface area contributed by atoms with Crippen LogP contribution in [0, 0.1) is 5.92 Å². The van der Waals surface area contributed by atoms with Gasteiger partial charge in [0.2, 0.25) is 5.91 Å². The smallest absolute Gasteiger partial charge is 0.417 e. The largest absolute Gasteiger partial charge is 0.497 e. The predicted octanol–water partition coefficient (Wildman–Crippen LogP) is 4.13. The molecule has 0 aliphatic carbocycles. The van der Waals surface area contributed by atoms with E-state index in [9.17, 15) is 18.0 Å². The highest BCUT2D eigenvalue weighted by Crippen LogP contribution is 2.29. The summed E-state index contributed by atoms with van der Waals surface area (Å²) in [6.45, 7) is 7.04. The second-order valence-electron chi connectivity index (χ2n) is 8.58. The molecule has 1 aromatic heterocycles. The lowest BCUT2D eigenvalue weighted by atomic mass is 9.96. The Morgan fingerprint density at radius 1 is 1.09 bits per heavy atom. The number of anilines is 1. The van der Waals surface area contributed by atoms with Gasteiger partial charge in [-0.1, -0.05) is 26.0 Å². The monoisotopic (exact) mass is 464 g/mol. The summed E-state index contributed by atoms with van der Waals surface area (Å²) in [6, 6.07) is 10.1. The SMILES string of the molecule is COc1ccc([C@@H](NC(=O)CN2CCCN(c3ccc(C(F)(F)F)cn3)CC2)C(C)C)cc1. The number of aromatic nitrogens is 1. The minimum Gasteiger partial charge on any atom is -0.497 e. The third-order valence-electron chi connectivity index (χ3n) is 5.81. The second kappa shape index (κ2) is 10.9. The van der Waals surface area contributed by atoms with Crippen molar-refractivity contribution < 1.29 is 22.7 Å². The van der Waals surface area contributed by atoms with E-state index in [4.69, 9.17) is 4.74 Å². The molecule has 33 heavy (non-hydrogen) atoms. The standard InChI is InChI=1S/C24H31F3N4O2/c1-17(2)23(18-5-8-20(33-3)9-6-18)29-22(32)16-30-11-4-12-31(14-13-30)21-10-7-19(15-28-21)24(25,26)27/h5-10,15,17,23H,4,11-14,16H2,1-3H3,(H,29,32)/t23-/m0/s1. The van der Waals surface area contributed by atoms with Crippen LogP contribution in [0.5, 0.6) is 5.75 Å². The van der Waals surface area contributed by atoms with Crippen LogP contribution in [-0.2, 0) is 11.0 Å². The first-order chi connectivity index (χ1) is 15.7. The van der Waals surface area contributed by atoms with Crippen molar-refractivity contribution in [2.75, 3.05) is 44.7 Å². The number of hydrogen-bond acceptors (Lipinski definition) is 5. The fraction of sp³-hybridized carbons (Fsp3) is 0.500. The van der Waals surface area contributed by atoms with Gasteiger partial charge in [-0.05, 0) is 42.2 Å². The Morgan fingerprint density at radius 2 is 1.82 bits per heavy atom. The van der Waals surface area contributed by atoms with Crippen LogP contribution in [0.2, 0.25) is 0 Å². The Balaban J connectivity index is 1.56. The number of pyridine rings is 1. The number of alkyl halides is 3. The highest BCUT2D eigenvalue weighted by Gasteiger charge is 2.31. The molecule has 1 aliphatic rings. The van der Waals surface area contributed by atoms with Crippen molar-refractivity contribution >= 4 is 11.7 Å². The number of ether oxygens (including phenoxy) is 1. The van der Waals surface area contributed by atoms with Crippen molar-refractivity contribution in [3.05, 3.63) is 53.7 Å². The van der Waals surface area contributed by atoms with Crippen LogP contribution in [0.3, 0.4) is 0 Å². The number of nitrogens with zero attached hydrogens (tertiary/aromatic N) is 3. The summed E-state index contributed by atoms with van der Waals surface area (Å²) in [7, 11) is 1.62. The van der Waals surface area contributed by atoms with Crippen LogP contribution in [-0.4, -0.2) is 55.6 Å². The summed E-state index contributed by atoms with van der Waals surface area (Å²) in [5.41, 5.74) is 0.269. The van der Waals surface area contributed by atoms with Crippen molar-refractivity contribution in [3.8, 4) is 5.75 Å². The van der Waals surface area contributed by atoms with Gasteiger partial charge in [-0.15, -0.1) is 0 Å². The number of methoxy groups -OCH3 is 1. The molecule has 3 rings (SSSR count). The molecule has 1 aliphatic heterocycles. The number of halogens is 3. The minimum atomic E-state index is -4.39. The maximum absolute atomic E-state index is 12.8. The lowest BCUT2D eigenvalue weighted by Gasteiger charge is -2.26. The molecule has 180 valence electrons. The zero-order chi connectivity index (χ0) is 24.0. The van der Waals surface area contributed by atoms with E-state index in [1.165, 1.54) is 6.07 Å². The Morgan fingerprint density at radius 3 is 2.39 bits per heavy atom. The van der Waals surface area contributed by atoms with Gasteiger partial charge in [0.05, 0.1) is 25.3 Å². The van der Waals surface area contributed by atoms with Gasteiger partial charge in [-0.25, -0.2) is 4.98 Å². The number of amides is 1. The minimum absolute atomic E-state index is 0.0503. The van der Waals surface area contributed by atoms with Crippen molar-refractivity contribution in [1.29, 1.82) is 0 Å². The molecular weight excluding hydrogens is 433 g/mol. The molecule has 1 aromatic carbocycles. The molecule has 0 radical (unpaired) electrons. The van der Waals surface area contributed by atoms with Gasteiger partial charge < -0.3 is 15.0 Å². The topological polar surface area (TPSA) is 57.7 Å². The number of hydrogen-bond donors (Lipinski definition) is 1. The zero-order valence-corrected chi connectivity index (χ0v) is 19.2. The zero-order valence-electron chi connectivity index (χ0n) is 19.2. The Labute approximate surface area is 192 Å². The molecule has 1 saturated heterocycles. The first-order valence-corrected chi connectivity index (χ1v) is 11.1. The van der Waals surface area contributed by atoms with Crippen molar-refractivity contribution in [1.82, 2.24) is 15.2 Å². The molecule has 0 saturated carbocycles. The van der Waals surface area contributed by atoms with Crippen LogP contribution in [0.25, 0.3) is 0 Å². The Kier molecular flexibility index (Phi) is 8.18. The van der Waals surface area contributed by atoms with Gasteiger partial charge >= 0.3 is 6.18 Å². The van der Waals surface area contributed by atoms with Gasteiger partial charge in [0.25, 0.3) is 0 Å². The molecule has 1 N–H and O–H groups in total. The van der Waals surface area contributed by atoms with Gasteiger partial charge in [-0.3, -0.25) is 9.69 Å². The van der Waals surface area contributed by atoms with Crippen molar-refractivity contribution in [2.24, 2.45) is 5.92 Å². The van der Waals surface area contributed by atoms with E-state index in [0.717, 1.165) is 36.5 Å². The lowest BCUT2D eigenvalue weighted by molar-refractivity contribution is -0.137. The van der Waals surface area contributed by atoms with Gasteiger partial charge in [-0.2, -0.15) is 13.2 Å². The molecule has 9 heteroatoms. The fourth-order valence-corrected chi connectivity index (χ4v) is 3.97. The third kappa shape index (κ3) is 6.83. The molecule has 2 heterocycles. The fourth-order valence-electron chi connectivity index (χ4n) is 3.97. The van der Waals surface area contributed by atoms with E-state index in [-0.39, 0.29) is 24.4 Å². The number of rotatable bonds is 7. The van der Waals surface area contributed by atoms with Crippen LogP contribution >= 0.6 is 0 Å². The molecule has 0 spiro atoms. The summed E-state index contributed by atoms with van der Waals surface area (Å²) < 4.78 is 43.5. The maximum Gasteiger partial charge on any atom is 0.417 e. The van der Waals surface area contributed by atoms with Crippen LogP contribution in [0.15, 0.2) is 42.6 Å². The van der Waals surface area contributed by atoms with Crippen LogP contribution in [0.1, 0.15) is 37.4 Å². The third-order valence-corrected chi connectivity index (χ3v) is 5.81. The quantitative estimate of drug-likeness (QED) is 0.668. The average Bonchev–Trinajstić information content (AvgIpc) is 3.02. The Hall–Kier alpha value is -2.81. The first-order valence-electron chi connectivity index (χ1n) is 11.1. The molecular formula is C24H31F3N4O2. The number of benzene rings is 1. The number of carbonyl (C=O) groups excluding carboxylic acids is 1. The molecule has 1 amide bonds. The lowest BCUT2D eigenvalue weighted by Crippen LogP contribution is -2.41. The van der Waals surface area contributed by atoms with Gasteiger partial charge in [0.15, 0.2) is 0 Å². The van der Waals surface area contributed by atoms with Crippen LogP contribution in [0.4, 0.5) is 19.0 Å². The normalized spacial score (nSPS) is 16.4. The summed E-state index contributed by atoms with van der Waals surface area (Å²) in [5, 5.41) is 3.15. The molecule has 0 unspecified atom stereocenters. The van der Waals surface area contributed by atoms with E-state index in [2.05, 4.69) is 29.0 Å². The number of carbonyl (C=O) groups is 1. The summed E-state index contributed by atoms with van der Waals surface area (Å²) in [6.07, 6.45) is -2.73. The molecule has 1 fully saturated rings. The van der Waals surface area contributed by atoms with Crippen molar-refractivity contribution in [3.63, 3.8) is 0 Å². The molecule has 6 nitrogen and oxygen atoms in total. The predicted molar refractivity (Wildman–Crippen MR) is 121 cm³/mol. The highest BCUT2D eigenvalue weighted by atomic mass is 19.4. The molecule has 2 aromatic rings. The van der Waals surface area contributed by atoms with E-state index in [0.29, 0.717) is 25.5 Å². The average molecular weight is 465 g/mol. The van der Waals surface area contributed by atoms with Crippen molar-refractivity contribution in [2.45, 2.75) is 32.5 Å². The van der Waals surface area contributed by atoms with E-state index in [1.54, 1.807) is 7.11 Å². The molecule has 1 atom stereocenters. The van der Waals surface area contributed by atoms with Gasteiger partial charge in [0.1, 0.15) is 11.6 Å². The summed E-state index contributed by atoms with van der Waals surface area (Å²) >= 11 is 0. The number of nitrogens with one attached hydrogen (secondary N) is 1. The van der Waals surface area contributed by atoms with E-state index >= 15 is 0 Å².